The zero-order valence-electron chi connectivity index (χ0n) is 9.03. The molecule has 3 N–H and O–H groups in total. The molecule has 1 heterocycles. The van der Waals surface area contributed by atoms with Crippen LogP contribution >= 0.6 is 0 Å². The van der Waals surface area contributed by atoms with Gasteiger partial charge in [-0.1, -0.05) is 0 Å². The van der Waals surface area contributed by atoms with Gasteiger partial charge in [0.2, 0.25) is 5.91 Å². The van der Waals surface area contributed by atoms with Gasteiger partial charge in [-0.25, -0.2) is 0 Å². The minimum absolute atomic E-state index is 0.0507. The van der Waals surface area contributed by atoms with Gasteiger partial charge in [0.25, 0.3) is 0 Å². The van der Waals surface area contributed by atoms with E-state index in [2.05, 4.69) is 15.5 Å². The molecule has 0 radical (unpaired) electrons. The summed E-state index contributed by atoms with van der Waals surface area (Å²) in [5, 5.41) is 18.4. The number of nitrogens with zero attached hydrogens (tertiary/aromatic N) is 1. The van der Waals surface area contributed by atoms with E-state index in [1.165, 1.54) is 0 Å². The molecule has 0 aliphatic carbocycles. The first-order valence-electron chi connectivity index (χ1n) is 5.05. The van der Waals surface area contributed by atoms with Crippen LogP contribution in [0.4, 0.5) is 0 Å². The first kappa shape index (κ1) is 11.7. The average molecular weight is 211 g/mol. The van der Waals surface area contributed by atoms with Crippen molar-refractivity contribution in [2.45, 2.75) is 38.8 Å². The summed E-state index contributed by atoms with van der Waals surface area (Å²) >= 11 is 0. The summed E-state index contributed by atoms with van der Waals surface area (Å²) in [6, 6.07) is -0.0507. The Morgan fingerprint density at radius 2 is 2.40 bits per heavy atom. The SMILES string of the molecule is CC(O)CCC(=O)NC(C)c1cn[nH]c1. The molecule has 0 spiro atoms. The van der Waals surface area contributed by atoms with Crippen molar-refractivity contribution in [1.82, 2.24) is 15.5 Å². The van der Waals surface area contributed by atoms with Gasteiger partial charge < -0.3 is 10.4 Å². The number of rotatable bonds is 5. The van der Waals surface area contributed by atoms with Crippen molar-refractivity contribution < 1.29 is 9.90 Å². The Morgan fingerprint density at radius 3 is 2.93 bits per heavy atom. The Bertz CT molecular complexity index is 296. The highest BCUT2D eigenvalue weighted by Crippen LogP contribution is 2.09. The molecule has 2 unspecified atom stereocenters. The smallest absolute Gasteiger partial charge is 0.220 e. The number of H-pyrrole nitrogens is 1. The second-order valence-electron chi connectivity index (χ2n) is 3.71. The Balaban J connectivity index is 2.32. The van der Waals surface area contributed by atoms with E-state index in [-0.39, 0.29) is 11.9 Å². The highest BCUT2D eigenvalue weighted by atomic mass is 16.3. The molecule has 0 aromatic carbocycles. The number of hydrogen-bond donors (Lipinski definition) is 3. The third-order valence-corrected chi connectivity index (χ3v) is 2.19. The third-order valence-electron chi connectivity index (χ3n) is 2.19. The van der Waals surface area contributed by atoms with Gasteiger partial charge in [0, 0.05) is 18.2 Å². The van der Waals surface area contributed by atoms with Crippen molar-refractivity contribution >= 4 is 5.91 Å². The predicted molar refractivity (Wildman–Crippen MR) is 56.1 cm³/mol. The maximum atomic E-state index is 11.4. The average Bonchev–Trinajstić information content (AvgIpc) is 2.67. The molecular weight excluding hydrogens is 194 g/mol. The number of carbonyl (C=O) groups is 1. The van der Waals surface area contributed by atoms with Crippen molar-refractivity contribution in [2.24, 2.45) is 0 Å². The van der Waals surface area contributed by atoms with Gasteiger partial charge in [0.05, 0.1) is 18.3 Å². The second-order valence-corrected chi connectivity index (χ2v) is 3.71. The maximum Gasteiger partial charge on any atom is 0.220 e. The summed E-state index contributed by atoms with van der Waals surface area (Å²) in [6.45, 7) is 3.57. The Kier molecular flexibility index (Phi) is 4.30. The van der Waals surface area contributed by atoms with Crippen LogP contribution in [0.25, 0.3) is 0 Å². The van der Waals surface area contributed by atoms with Gasteiger partial charge in [-0.05, 0) is 20.3 Å². The van der Waals surface area contributed by atoms with E-state index < -0.39 is 6.10 Å². The van der Waals surface area contributed by atoms with Crippen LogP contribution < -0.4 is 5.32 Å². The Labute approximate surface area is 88.9 Å². The number of amides is 1. The predicted octanol–water partition coefficient (Wildman–Crippen LogP) is 0.748. The van der Waals surface area contributed by atoms with Crippen molar-refractivity contribution in [3.63, 3.8) is 0 Å². The monoisotopic (exact) mass is 211 g/mol. The molecule has 1 aromatic heterocycles. The van der Waals surface area contributed by atoms with Crippen LogP contribution in [0.5, 0.6) is 0 Å². The van der Waals surface area contributed by atoms with Gasteiger partial charge in [0.15, 0.2) is 0 Å². The Hall–Kier alpha value is -1.36. The van der Waals surface area contributed by atoms with Crippen molar-refractivity contribution in [3.05, 3.63) is 18.0 Å². The number of carbonyl (C=O) groups excluding carboxylic acids is 1. The van der Waals surface area contributed by atoms with Crippen LogP contribution in [0.2, 0.25) is 0 Å². The quantitative estimate of drug-likeness (QED) is 0.672. The lowest BCUT2D eigenvalue weighted by molar-refractivity contribution is -0.122. The van der Waals surface area contributed by atoms with E-state index in [1.54, 1.807) is 19.3 Å². The van der Waals surface area contributed by atoms with E-state index in [4.69, 9.17) is 5.11 Å². The highest BCUT2D eigenvalue weighted by molar-refractivity contribution is 5.76. The van der Waals surface area contributed by atoms with Crippen LogP contribution in [0.3, 0.4) is 0 Å². The molecular formula is C10H17N3O2. The number of aromatic nitrogens is 2. The fourth-order valence-electron chi connectivity index (χ4n) is 1.23. The van der Waals surface area contributed by atoms with E-state index in [0.717, 1.165) is 5.56 Å². The van der Waals surface area contributed by atoms with Crippen molar-refractivity contribution in [2.75, 3.05) is 0 Å². The van der Waals surface area contributed by atoms with Gasteiger partial charge >= 0.3 is 0 Å². The molecule has 84 valence electrons. The third kappa shape index (κ3) is 4.12. The van der Waals surface area contributed by atoms with Gasteiger partial charge in [-0.3, -0.25) is 9.89 Å². The molecule has 0 aliphatic heterocycles. The first-order chi connectivity index (χ1) is 7.09. The number of aliphatic hydroxyl groups excluding tert-OH is 1. The molecule has 0 saturated heterocycles. The van der Waals surface area contributed by atoms with Crippen LogP contribution in [-0.2, 0) is 4.79 Å². The number of nitrogens with one attached hydrogen (secondary N) is 2. The number of aliphatic hydroxyl groups is 1. The summed E-state index contributed by atoms with van der Waals surface area (Å²) in [6.07, 6.45) is 3.84. The molecule has 0 aliphatic rings. The molecule has 5 nitrogen and oxygen atoms in total. The van der Waals surface area contributed by atoms with E-state index in [9.17, 15) is 4.79 Å². The molecule has 1 amide bonds. The topological polar surface area (TPSA) is 78.0 Å². The summed E-state index contributed by atoms with van der Waals surface area (Å²) in [4.78, 5) is 11.4. The molecule has 1 aromatic rings. The Morgan fingerprint density at radius 1 is 1.67 bits per heavy atom. The minimum atomic E-state index is -0.431. The summed E-state index contributed by atoms with van der Waals surface area (Å²) < 4.78 is 0. The highest BCUT2D eigenvalue weighted by Gasteiger charge is 2.10. The van der Waals surface area contributed by atoms with Gasteiger partial charge in [-0.2, -0.15) is 5.10 Å². The maximum absolute atomic E-state index is 11.4. The molecule has 0 fully saturated rings. The summed E-state index contributed by atoms with van der Waals surface area (Å²) in [5.41, 5.74) is 0.945. The van der Waals surface area contributed by atoms with Gasteiger partial charge in [0.1, 0.15) is 0 Å². The van der Waals surface area contributed by atoms with Crippen molar-refractivity contribution in [1.29, 1.82) is 0 Å². The van der Waals surface area contributed by atoms with E-state index in [0.29, 0.717) is 12.8 Å². The molecule has 15 heavy (non-hydrogen) atoms. The number of hydrogen-bond acceptors (Lipinski definition) is 3. The lowest BCUT2D eigenvalue weighted by Gasteiger charge is -2.12. The number of aromatic amines is 1. The largest absolute Gasteiger partial charge is 0.393 e. The molecule has 2 atom stereocenters. The molecule has 5 heteroatoms. The fourth-order valence-corrected chi connectivity index (χ4v) is 1.23. The second kappa shape index (κ2) is 5.50. The normalized spacial score (nSPS) is 14.6. The van der Waals surface area contributed by atoms with E-state index >= 15 is 0 Å². The lowest BCUT2D eigenvalue weighted by atomic mass is 10.1. The van der Waals surface area contributed by atoms with Crippen LogP contribution in [0, 0.1) is 0 Å². The fraction of sp³-hybridized carbons (Fsp3) is 0.600. The molecule has 0 saturated carbocycles. The van der Waals surface area contributed by atoms with Crippen LogP contribution in [-0.4, -0.2) is 27.3 Å². The lowest BCUT2D eigenvalue weighted by Crippen LogP contribution is -2.26. The molecule has 0 bridgehead atoms. The van der Waals surface area contributed by atoms with Crippen LogP contribution in [0.1, 0.15) is 38.3 Å². The van der Waals surface area contributed by atoms with E-state index in [1.807, 2.05) is 6.92 Å². The zero-order chi connectivity index (χ0) is 11.3. The van der Waals surface area contributed by atoms with Crippen molar-refractivity contribution in [3.8, 4) is 0 Å². The van der Waals surface area contributed by atoms with Gasteiger partial charge in [-0.15, -0.1) is 0 Å². The summed E-state index contributed by atoms with van der Waals surface area (Å²) in [7, 11) is 0. The van der Waals surface area contributed by atoms with Crippen LogP contribution in [0.15, 0.2) is 12.4 Å². The zero-order valence-corrected chi connectivity index (χ0v) is 9.03. The standard InChI is InChI=1S/C10H17N3O2/c1-7(14)3-4-10(15)13-8(2)9-5-11-12-6-9/h5-8,14H,3-4H2,1-2H3,(H,11,12)(H,13,15). The summed E-state index contributed by atoms with van der Waals surface area (Å²) in [5.74, 6) is -0.0513. The minimum Gasteiger partial charge on any atom is -0.393 e. The first-order valence-corrected chi connectivity index (χ1v) is 5.05. The molecule has 1 rings (SSSR count).